The molecule has 0 saturated heterocycles. The van der Waals surface area contributed by atoms with Gasteiger partial charge in [-0.1, -0.05) is 40.2 Å². The van der Waals surface area contributed by atoms with Gasteiger partial charge in [0, 0.05) is 22.8 Å². The molecule has 2 aromatic rings. The van der Waals surface area contributed by atoms with Crippen LogP contribution >= 0.6 is 15.9 Å². The molecule has 0 N–H and O–H groups in total. The molecule has 0 atom stereocenters. The molecule has 110 valence electrons. The molecule has 0 radical (unpaired) electrons. The lowest BCUT2D eigenvalue weighted by atomic mass is 10.1. The number of halogens is 1. The normalized spacial score (nSPS) is 10.4. The number of rotatable bonds is 5. The summed E-state index contributed by atoms with van der Waals surface area (Å²) in [6.45, 7) is 6.02. The molecule has 0 amide bonds. The fourth-order valence-corrected chi connectivity index (χ4v) is 2.47. The molecule has 0 saturated carbocycles. The molecule has 0 fully saturated rings. The van der Waals surface area contributed by atoms with E-state index < -0.39 is 0 Å². The van der Waals surface area contributed by atoms with Gasteiger partial charge in [-0.25, -0.2) is 0 Å². The van der Waals surface area contributed by atoms with Crippen molar-refractivity contribution in [3.05, 3.63) is 74.6 Å². The van der Waals surface area contributed by atoms with Gasteiger partial charge in [-0.2, -0.15) is 0 Å². The first-order valence-electron chi connectivity index (χ1n) is 6.71. The van der Waals surface area contributed by atoms with Crippen LogP contribution in [-0.4, -0.2) is 4.57 Å². The lowest BCUT2D eigenvalue weighted by Crippen LogP contribution is -2.23. The van der Waals surface area contributed by atoms with Crippen molar-refractivity contribution < 1.29 is 4.74 Å². The van der Waals surface area contributed by atoms with Gasteiger partial charge in [0.25, 0.3) is 5.56 Å². The van der Waals surface area contributed by atoms with Gasteiger partial charge in [-0.05, 0) is 25.5 Å². The molecule has 0 spiro atoms. The second kappa shape index (κ2) is 6.76. The molecule has 0 aliphatic rings. The van der Waals surface area contributed by atoms with Crippen LogP contribution in [-0.2, 0) is 20.1 Å². The van der Waals surface area contributed by atoms with Gasteiger partial charge in [-0.3, -0.25) is 4.79 Å². The average Bonchev–Trinajstić information content (AvgIpc) is 2.47. The summed E-state index contributed by atoms with van der Waals surface area (Å²) in [5.74, 6) is 0.631. The minimum absolute atomic E-state index is 0.0305. The number of hydrogen-bond donors (Lipinski definition) is 0. The number of ether oxygens (including phenoxy) is 1. The molecule has 2 rings (SSSR count). The number of benzene rings is 1. The number of nitrogens with zero attached hydrogens (tertiary/aromatic N) is 1. The van der Waals surface area contributed by atoms with Gasteiger partial charge in [-0.15, -0.1) is 6.58 Å². The Hall–Kier alpha value is -1.81. The topological polar surface area (TPSA) is 31.2 Å². The fourth-order valence-electron chi connectivity index (χ4n) is 2.07. The summed E-state index contributed by atoms with van der Waals surface area (Å²) in [7, 11) is 1.77. The van der Waals surface area contributed by atoms with Crippen molar-refractivity contribution in [1.82, 2.24) is 4.57 Å². The number of allylic oxidation sites excluding steroid dienone is 1. The Kier molecular flexibility index (Phi) is 5.02. The molecule has 1 aromatic carbocycles. The van der Waals surface area contributed by atoms with E-state index in [2.05, 4.69) is 22.5 Å². The third-order valence-electron chi connectivity index (χ3n) is 3.42. The standard InChI is InChI=1S/C17H18BrNO2/c1-4-7-14-16(10-12(2)19(3)17(14)20)21-11-13-8-5-6-9-15(13)18/h4-6,8-10H,1,7,11H2,2-3H3. The summed E-state index contributed by atoms with van der Waals surface area (Å²) in [6.07, 6.45) is 2.22. The number of hydrogen-bond acceptors (Lipinski definition) is 2. The maximum absolute atomic E-state index is 12.3. The lowest BCUT2D eigenvalue weighted by Gasteiger charge is -2.14. The Balaban J connectivity index is 2.33. The predicted molar refractivity (Wildman–Crippen MR) is 88.8 cm³/mol. The van der Waals surface area contributed by atoms with E-state index in [-0.39, 0.29) is 5.56 Å². The monoisotopic (exact) mass is 347 g/mol. The second-order valence-corrected chi connectivity index (χ2v) is 5.72. The van der Waals surface area contributed by atoms with Gasteiger partial charge in [0.15, 0.2) is 0 Å². The van der Waals surface area contributed by atoms with Crippen molar-refractivity contribution in [2.45, 2.75) is 20.0 Å². The van der Waals surface area contributed by atoms with Gasteiger partial charge >= 0.3 is 0 Å². The largest absolute Gasteiger partial charge is 0.488 e. The van der Waals surface area contributed by atoms with Crippen molar-refractivity contribution >= 4 is 15.9 Å². The van der Waals surface area contributed by atoms with E-state index >= 15 is 0 Å². The zero-order valence-electron chi connectivity index (χ0n) is 12.2. The van der Waals surface area contributed by atoms with Crippen molar-refractivity contribution in [1.29, 1.82) is 0 Å². The van der Waals surface area contributed by atoms with Gasteiger partial charge in [0.1, 0.15) is 12.4 Å². The van der Waals surface area contributed by atoms with Crippen LogP contribution in [0.5, 0.6) is 5.75 Å². The van der Waals surface area contributed by atoms with Gasteiger partial charge in [0.05, 0.1) is 5.56 Å². The summed E-state index contributed by atoms with van der Waals surface area (Å²) in [6, 6.07) is 9.78. The molecular weight excluding hydrogens is 330 g/mol. The van der Waals surface area contributed by atoms with Crippen LogP contribution < -0.4 is 10.3 Å². The Morgan fingerprint density at radius 2 is 2.10 bits per heavy atom. The average molecular weight is 348 g/mol. The molecule has 1 heterocycles. The van der Waals surface area contributed by atoms with Crippen molar-refractivity contribution in [2.75, 3.05) is 0 Å². The molecule has 0 aliphatic carbocycles. The Labute approximate surface area is 133 Å². The highest BCUT2D eigenvalue weighted by atomic mass is 79.9. The molecule has 1 aromatic heterocycles. The highest BCUT2D eigenvalue weighted by molar-refractivity contribution is 9.10. The van der Waals surface area contributed by atoms with Crippen LogP contribution in [0.25, 0.3) is 0 Å². The smallest absolute Gasteiger partial charge is 0.257 e. The Morgan fingerprint density at radius 3 is 2.76 bits per heavy atom. The van der Waals surface area contributed by atoms with E-state index in [0.717, 1.165) is 15.7 Å². The second-order valence-electron chi connectivity index (χ2n) is 4.87. The Morgan fingerprint density at radius 1 is 1.38 bits per heavy atom. The molecule has 0 bridgehead atoms. The number of aryl methyl sites for hydroxylation is 1. The molecule has 0 unspecified atom stereocenters. The predicted octanol–water partition coefficient (Wildman–Crippen LogP) is 3.76. The lowest BCUT2D eigenvalue weighted by molar-refractivity contribution is 0.301. The molecule has 4 heteroatoms. The molecular formula is C17H18BrNO2. The minimum atomic E-state index is -0.0305. The van der Waals surface area contributed by atoms with Gasteiger partial charge < -0.3 is 9.30 Å². The summed E-state index contributed by atoms with van der Waals surface area (Å²) in [5, 5.41) is 0. The number of aromatic nitrogens is 1. The summed E-state index contributed by atoms with van der Waals surface area (Å²) in [5.41, 5.74) is 2.53. The van der Waals surface area contributed by atoms with Crippen LogP contribution in [0.3, 0.4) is 0 Å². The van der Waals surface area contributed by atoms with Crippen LogP contribution in [0, 0.1) is 6.92 Å². The van der Waals surface area contributed by atoms with Crippen LogP contribution in [0.1, 0.15) is 16.8 Å². The fraction of sp³-hybridized carbons (Fsp3) is 0.235. The maximum Gasteiger partial charge on any atom is 0.257 e. The van der Waals surface area contributed by atoms with E-state index in [1.807, 2.05) is 37.3 Å². The first kappa shape index (κ1) is 15.6. The highest BCUT2D eigenvalue weighted by Crippen LogP contribution is 2.22. The number of pyridine rings is 1. The molecule has 0 aliphatic heterocycles. The van der Waals surface area contributed by atoms with Gasteiger partial charge in [0.2, 0.25) is 0 Å². The van der Waals surface area contributed by atoms with E-state index in [1.54, 1.807) is 17.7 Å². The van der Waals surface area contributed by atoms with Crippen LogP contribution in [0.2, 0.25) is 0 Å². The third kappa shape index (κ3) is 3.45. The quantitative estimate of drug-likeness (QED) is 0.771. The van der Waals surface area contributed by atoms with Crippen LogP contribution in [0.15, 0.2) is 52.3 Å². The zero-order valence-corrected chi connectivity index (χ0v) is 13.8. The zero-order chi connectivity index (χ0) is 15.4. The molecule has 3 nitrogen and oxygen atoms in total. The van der Waals surface area contributed by atoms with E-state index in [9.17, 15) is 4.79 Å². The SMILES string of the molecule is C=CCc1c(OCc2ccccc2Br)cc(C)n(C)c1=O. The van der Waals surface area contributed by atoms with E-state index in [4.69, 9.17) is 4.74 Å². The van der Waals surface area contributed by atoms with E-state index in [1.165, 1.54) is 0 Å². The van der Waals surface area contributed by atoms with Crippen molar-refractivity contribution in [2.24, 2.45) is 7.05 Å². The van der Waals surface area contributed by atoms with Crippen LogP contribution in [0.4, 0.5) is 0 Å². The van der Waals surface area contributed by atoms with Crippen molar-refractivity contribution in [3.63, 3.8) is 0 Å². The summed E-state index contributed by atoms with van der Waals surface area (Å²) in [4.78, 5) is 12.3. The first-order valence-corrected chi connectivity index (χ1v) is 7.50. The van der Waals surface area contributed by atoms with E-state index in [0.29, 0.717) is 24.3 Å². The Bertz CT molecular complexity index is 719. The molecule has 21 heavy (non-hydrogen) atoms. The summed E-state index contributed by atoms with van der Waals surface area (Å²) < 4.78 is 8.51. The summed E-state index contributed by atoms with van der Waals surface area (Å²) >= 11 is 3.50. The first-order chi connectivity index (χ1) is 10.0. The van der Waals surface area contributed by atoms with Crippen molar-refractivity contribution in [3.8, 4) is 5.75 Å². The maximum atomic E-state index is 12.3. The minimum Gasteiger partial charge on any atom is -0.488 e. The third-order valence-corrected chi connectivity index (χ3v) is 4.19. The highest BCUT2D eigenvalue weighted by Gasteiger charge is 2.12.